The summed E-state index contributed by atoms with van der Waals surface area (Å²) in [5, 5.41) is 6.83. The first-order chi connectivity index (χ1) is 9.58. The number of hydrogen-bond donors (Lipinski definition) is 1. The first-order valence-electron chi connectivity index (χ1n) is 6.66. The Balaban J connectivity index is 2.06. The van der Waals surface area contributed by atoms with Crippen LogP contribution in [-0.4, -0.2) is 17.6 Å². The molecule has 20 heavy (non-hydrogen) atoms. The second-order valence-corrected chi connectivity index (χ2v) is 6.14. The third kappa shape index (κ3) is 4.27. The molecule has 2 aromatic rings. The molecule has 0 aliphatic carbocycles. The number of benzene rings is 1. The molecule has 2 nitrogen and oxygen atoms in total. The standard InChI is InChI=1S/C15H18ClFN2S/c1-3-18-12(8-15-19-10(2)9-20-15)6-11-4-5-14(17)13(16)7-11/h4-5,7,9,12,18H,3,6,8H2,1-2H3. The van der Waals surface area contributed by atoms with Crippen LogP contribution in [0.2, 0.25) is 5.02 Å². The number of halogens is 2. The van der Waals surface area contributed by atoms with Crippen molar-refractivity contribution in [1.29, 1.82) is 0 Å². The molecule has 0 aliphatic heterocycles. The quantitative estimate of drug-likeness (QED) is 0.872. The minimum Gasteiger partial charge on any atom is -0.314 e. The summed E-state index contributed by atoms with van der Waals surface area (Å²) in [7, 11) is 0. The fourth-order valence-corrected chi connectivity index (χ4v) is 3.22. The highest BCUT2D eigenvalue weighted by atomic mass is 35.5. The lowest BCUT2D eigenvalue weighted by Gasteiger charge is -2.17. The van der Waals surface area contributed by atoms with Crippen LogP contribution in [0.1, 0.15) is 23.2 Å². The highest BCUT2D eigenvalue weighted by molar-refractivity contribution is 7.09. The van der Waals surface area contributed by atoms with E-state index in [-0.39, 0.29) is 16.9 Å². The maximum atomic E-state index is 13.2. The molecule has 1 heterocycles. The number of rotatable bonds is 6. The van der Waals surface area contributed by atoms with Gasteiger partial charge >= 0.3 is 0 Å². The van der Waals surface area contributed by atoms with Crippen LogP contribution in [0.3, 0.4) is 0 Å². The van der Waals surface area contributed by atoms with Gasteiger partial charge in [0, 0.05) is 23.5 Å². The van der Waals surface area contributed by atoms with Gasteiger partial charge in [0.15, 0.2) is 0 Å². The number of thiazole rings is 1. The van der Waals surface area contributed by atoms with Crippen molar-refractivity contribution in [1.82, 2.24) is 10.3 Å². The van der Waals surface area contributed by atoms with E-state index >= 15 is 0 Å². The van der Waals surface area contributed by atoms with E-state index in [9.17, 15) is 4.39 Å². The highest BCUT2D eigenvalue weighted by Crippen LogP contribution is 2.19. The monoisotopic (exact) mass is 312 g/mol. The molecule has 108 valence electrons. The Labute approximate surface area is 128 Å². The predicted molar refractivity (Wildman–Crippen MR) is 83.1 cm³/mol. The zero-order chi connectivity index (χ0) is 14.5. The van der Waals surface area contributed by atoms with Gasteiger partial charge in [-0.25, -0.2) is 9.37 Å². The van der Waals surface area contributed by atoms with Gasteiger partial charge in [0.2, 0.25) is 0 Å². The molecule has 1 aromatic heterocycles. The Hall–Kier alpha value is -0.970. The molecular weight excluding hydrogens is 295 g/mol. The van der Waals surface area contributed by atoms with Crippen molar-refractivity contribution >= 4 is 22.9 Å². The normalized spacial score (nSPS) is 12.6. The molecule has 0 saturated heterocycles. The van der Waals surface area contributed by atoms with Crippen LogP contribution in [0.5, 0.6) is 0 Å². The lowest BCUT2D eigenvalue weighted by Crippen LogP contribution is -2.33. The third-order valence-electron chi connectivity index (χ3n) is 3.05. The summed E-state index contributed by atoms with van der Waals surface area (Å²) in [6.07, 6.45) is 1.69. The molecule has 0 aliphatic rings. The number of nitrogens with one attached hydrogen (secondary N) is 1. The van der Waals surface area contributed by atoms with Crippen LogP contribution in [0.15, 0.2) is 23.6 Å². The summed E-state index contributed by atoms with van der Waals surface area (Å²) >= 11 is 7.51. The first-order valence-corrected chi connectivity index (χ1v) is 7.92. The molecule has 2 rings (SSSR count). The molecule has 0 fully saturated rings. The van der Waals surface area contributed by atoms with E-state index in [1.807, 2.05) is 6.92 Å². The van der Waals surface area contributed by atoms with E-state index in [1.165, 1.54) is 6.07 Å². The lowest BCUT2D eigenvalue weighted by molar-refractivity contribution is 0.519. The SMILES string of the molecule is CCNC(Cc1ccc(F)c(Cl)c1)Cc1nc(C)cs1. The largest absolute Gasteiger partial charge is 0.314 e. The fourth-order valence-electron chi connectivity index (χ4n) is 2.16. The molecule has 1 atom stereocenters. The summed E-state index contributed by atoms with van der Waals surface area (Å²) in [5.74, 6) is -0.369. The van der Waals surface area contributed by atoms with E-state index in [0.29, 0.717) is 0 Å². The van der Waals surface area contributed by atoms with Crippen molar-refractivity contribution < 1.29 is 4.39 Å². The highest BCUT2D eigenvalue weighted by Gasteiger charge is 2.12. The molecule has 1 unspecified atom stereocenters. The van der Waals surface area contributed by atoms with Crippen molar-refractivity contribution in [2.24, 2.45) is 0 Å². The summed E-state index contributed by atoms with van der Waals surface area (Å²) in [6, 6.07) is 5.20. The van der Waals surface area contributed by atoms with Gasteiger partial charge in [-0.1, -0.05) is 24.6 Å². The molecule has 0 radical (unpaired) electrons. The maximum absolute atomic E-state index is 13.2. The average molecular weight is 313 g/mol. The zero-order valence-corrected chi connectivity index (χ0v) is 13.2. The van der Waals surface area contributed by atoms with E-state index in [4.69, 9.17) is 11.6 Å². The van der Waals surface area contributed by atoms with Gasteiger partial charge in [-0.15, -0.1) is 11.3 Å². The average Bonchev–Trinajstić information content (AvgIpc) is 2.80. The molecule has 5 heteroatoms. The number of aromatic nitrogens is 1. The molecule has 0 amide bonds. The summed E-state index contributed by atoms with van der Waals surface area (Å²) in [5.41, 5.74) is 2.10. The van der Waals surface area contributed by atoms with Gasteiger partial charge in [0.25, 0.3) is 0 Å². The van der Waals surface area contributed by atoms with Crippen LogP contribution in [0.25, 0.3) is 0 Å². The molecule has 0 saturated carbocycles. The minimum absolute atomic E-state index is 0.183. The van der Waals surface area contributed by atoms with E-state index in [0.717, 1.165) is 35.7 Å². The van der Waals surface area contributed by atoms with E-state index in [1.54, 1.807) is 23.5 Å². The van der Waals surface area contributed by atoms with Gasteiger partial charge in [0.1, 0.15) is 5.82 Å². The van der Waals surface area contributed by atoms with Crippen molar-refractivity contribution in [2.75, 3.05) is 6.54 Å². The van der Waals surface area contributed by atoms with Crippen LogP contribution in [-0.2, 0) is 12.8 Å². The number of aryl methyl sites for hydroxylation is 1. The second kappa shape index (κ2) is 7.16. The van der Waals surface area contributed by atoms with Gasteiger partial charge in [-0.2, -0.15) is 0 Å². The topological polar surface area (TPSA) is 24.9 Å². The molecular formula is C15H18ClFN2S. The molecule has 0 spiro atoms. The van der Waals surface area contributed by atoms with E-state index in [2.05, 4.69) is 22.6 Å². The Morgan fingerprint density at radius 1 is 1.40 bits per heavy atom. The van der Waals surface area contributed by atoms with Gasteiger partial charge in [-0.05, 0) is 37.6 Å². The fraction of sp³-hybridized carbons (Fsp3) is 0.400. The third-order valence-corrected chi connectivity index (χ3v) is 4.33. The second-order valence-electron chi connectivity index (χ2n) is 4.79. The Bertz CT molecular complexity index is 571. The number of hydrogen-bond acceptors (Lipinski definition) is 3. The Morgan fingerprint density at radius 3 is 2.80 bits per heavy atom. The first kappa shape index (κ1) is 15.4. The Kier molecular flexibility index (Phi) is 5.52. The minimum atomic E-state index is -0.369. The van der Waals surface area contributed by atoms with E-state index < -0.39 is 0 Å². The van der Waals surface area contributed by atoms with Gasteiger partial charge < -0.3 is 5.32 Å². The zero-order valence-electron chi connectivity index (χ0n) is 11.6. The number of likely N-dealkylation sites (N-methyl/N-ethyl adjacent to an activating group) is 1. The molecule has 0 bridgehead atoms. The predicted octanol–water partition coefficient (Wildman–Crippen LogP) is 4.01. The molecule has 1 N–H and O–H groups in total. The van der Waals surface area contributed by atoms with Crippen LogP contribution in [0, 0.1) is 12.7 Å². The maximum Gasteiger partial charge on any atom is 0.141 e. The molecule has 1 aromatic carbocycles. The summed E-state index contributed by atoms with van der Waals surface area (Å²) in [4.78, 5) is 4.50. The van der Waals surface area contributed by atoms with Crippen LogP contribution in [0.4, 0.5) is 4.39 Å². The van der Waals surface area contributed by atoms with Crippen molar-refractivity contribution in [3.05, 3.63) is 50.7 Å². The van der Waals surface area contributed by atoms with Crippen molar-refractivity contribution in [2.45, 2.75) is 32.7 Å². The van der Waals surface area contributed by atoms with Gasteiger partial charge in [0.05, 0.1) is 10.0 Å². The van der Waals surface area contributed by atoms with Crippen LogP contribution < -0.4 is 5.32 Å². The summed E-state index contributed by atoms with van der Waals surface area (Å²) < 4.78 is 13.2. The summed E-state index contributed by atoms with van der Waals surface area (Å²) in [6.45, 7) is 4.98. The van der Waals surface area contributed by atoms with Crippen LogP contribution >= 0.6 is 22.9 Å². The lowest BCUT2D eigenvalue weighted by atomic mass is 10.0. The van der Waals surface area contributed by atoms with Crippen molar-refractivity contribution in [3.8, 4) is 0 Å². The van der Waals surface area contributed by atoms with Gasteiger partial charge in [-0.3, -0.25) is 0 Å². The number of nitrogens with zero attached hydrogens (tertiary/aromatic N) is 1. The smallest absolute Gasteiger partial charge is 0.141 e. The Morgan fingerprint density at radius 2 is 2.20 bits per heavy atom. The van der Waals surface area contributed by atoms with Crippen molar-refractivity contribution in [3.63, 3.8) is 0 Å².